The van der Waals surface area contributed by atoms with E-state index in [-0.39, 0.29) is 12.3 Å². The summed E-state index contributed by atoms with van der Waals surface area (Å²) in [6.45, 7) is 7.76. The number of carbonyl (C=O) groups excluding carboxylic acids is 1. The van der Waals surface area contributed by atoms with Crippen molar-refractivity contribution >= 4 is 28.6 Å². The van der Waals surface area contributed by atoms with Crippen LogP contribution in [0.25, 0.3) is 10.6 Å². The van der Waals surface area contributed by atoms with E-state index in [1.807, 2.05) is 17.5 Å². The van der Waals surface area contributed by atoms with Gasteiger partial charge in [0.15, 0.2) is 0 Å². The van der Waals surface area contributed by atoms with Crippen LogP contribution in [0.3, 0.4) is 0 Å². The van der Waals surface area contributed by atoms with Gasteiger partial charge >= 0.3 is 0 Å². The highest BCUT2D eigenvalue weighted by atomic mass is 32.1. The van der Waals surface area contributed by atoms with Gasteiger partial charge in [0, 0.05) is 68.1 Å². The van der Waals surface area contributed by atoms with Crippen molar-refractivity contribution in [2.24, 2.45) is 0 Å². The Morgan fingerprint density at radius 1 is 0.914 bits per heavy atom. The number of aromatic nitrogens is 1. The summed E-state index contributed by atoms with van der Waals surface area (Å²) < 4.78 is 0. The molecule has 1 amide bonds. The van der Waals surface area contributed by atoms with E-state index in [1.165, 1.54) is 30.5 Å². The smallest absolute Gasteiger partial charge is 0.230 e. The van der Waals surface area contributed by atoms with Crippen LogP contribution in [-0.4, -0.2) is 67.0 Å². The number of piperidine rings is 1. The van der Waals surface area contributed by atoms with E-state index in [9.17, 15) is 4.79 Å². The maximum absolute atomic E-state index is 12.6. The lowest BCUT2D eigenvalue weighted by atomic mass is 10.1. The molecule has 2 saturated heterocycles. The monoisotopic (exact) mass is 489 g/mol. The molecule has 184 valence electrons. The number of likely N-dealkylation sites (N-methyl/N-ethyl adjacent to an activating group) is 1. The van der Waals surface area contributed by atoms with Gasteiger partial charge < -0.3 is 15.1 Å². The Bertz CT molecular complexity index is 1100. The van der Waals surface area contributed by atoms with Crippen molar-refractivity contribution in [3.63, 3.8) is 0 Å². The fourth-order valence-corrected chi connectivity index (χ4v) is 5.64. The maximum Gasteiger partial charge on any atom is 0.230 e. The lowest BCUT2D eigenvalue weighted by Crippen LogP contribution is -2.43. The first-order valence-electron chi connectivity index (χ1n) is 12.7. The number of rotatable bonds is 7. The molecule has 5 rings (SSSR count). The molecule has 1 aromatic heterocycles. The molecule has 7 heteroatoms. The summed E-state index contributed by atoms with van der Waals surface area (Å²) in [5.41, 5.74) is 5.33. The molecule has 0 spiro atoms. The second-order valence-electron chi connectivity index (χ2n) is 9.74. The zero-order chi connectivity index (χ0) is 24.0. The summed E-state index contributed by atoms with van der Waals surface area (Å²) in [7, 11) is 2.19. The van der Waals surface area contributed by atoms with Gasteiger partial charge in [0.05, 0.1) is 12.1 Å². The average Bonchev–Trinajstić information content (AvgIpc) is 3.35. The molecule has 0 radical (unpaired) electrons. The molecule has 0 aliphatic carbocycles. The molecule has 2 fully saturated rings. The molecule has 35 heavy (non-hydrogen) atoms. The van der Waals surface area contributed by atoms with Gasteiger partial charge in [-0.15, -0.1) is 11.3 Å². The summed E-state index contributed by atoms with van der Waals surface area (Å²) in [4.78, 5) is 24.6. The molecular formula is C28H35N5OS. The molecule has 3 heterocycles. The lowest BCUT2D eigenvalue weighted by Gasteiger charge is -2.32. The van der Waals surface area contributed by atoms with Crippen LogP contribution < -0.4 is 10.2 Å². The Hall–Kier alpha value is -2.74. The van der Waals surface area contributed by atoms with E-state index in [4.69, 9.17) is 4.98 Å². The summed E-state index contributed by atoms with van der Waals surface area (Å²) in [6, 6.07) is 16.9. The molecule has 0 saturated carbocycles. The van der Waals surface area contributed by atoms with Gasteiger partial charge in [-0.1, -0.05) is 24.3 Å². The predicted molar refractivity (Wildman–Crippen MR) is 145 cm³/mol. The Kier molecular flexibility index (Phi) is 7.76. The molecule has 2 aromatic carbocycles. The highest BCUT2D eigenvalue weighted by molar-refractivity contribution is 7.13. The van der Waals surface area contributed by atoms with Crippen LogP contribution in [0.1, 0.15) is 30.5 Å². The largest absolute Gasteiger partial charge is 0.372 e. The van der Waals surface area contributed by atoms with Gasteiger partial charge in [0.2, 0.25) is 5.91 Å². The number of hydrogen-bond acceptors (Lipinski definition) is 6. The predicted octanol–water partition coefficient (Wildman–Crippen LogP) is 4.73. The number of amides is 1. The second-order valence-corrected chi connectivity index (χ2v) is 10.6. The Morgan fingerprint density at radius 2 is 1.63 bits per heavy atom. The van der Waals surface area contributed by atoms with Crippen LogP contribution in [0.4, 0.5) is 11.4 Å². The third-order valence-corrected chi connectivity index (χ3v) is 7.91. The molecular weight excluding hydrogens is 454 g/mol. The third kappa shape index (κ3) is 6.48. The van der Waals surface area contributed by atoms with Gasteiger partial charge in [-0.05, 0) is 56.1 Å². The molecule has 0 unspecified atom stereocenters. The van der Waals surface area contributed by atoms with E-state index < -0.39 is 0 Å². The van der Waals surface area contributed by atoms with Crippen LogP contribution in [0.5, 0.6) is 0 Å². The average molecular weight is 490 g/mol. The van der Waals surface area contributed by atoms with Crippen molar-refractivity contribution in [1.29, 1.82) is 0 Å². The first-order chi connectivity index (χ1) is 17.1. The van der Waals surface area contributed by atoms with Gasteiger partial charge in [-0.2, -0.15) is 0 Å². The van der Waals surface area contributed by atoms with Crippen LogP contribution in [0.2, 0.25) is 0 Å². The van der Waals surface area contributed by atoms with Gasteiger partial charge in [0.1, 0.15) is 5.01 Å². The van der Waals surface area contributed by atoms with Crippen molar-refractivity contribution in [1.82, 2.24) is 14.8 Å². The quantitative estimate of drug-likeness (QED) is 0.520. The summed E-state index contributed by atoms with van der Waals surface area (Å²) >= 11 is 1.60. The van der Waals surface area contributed by atoms with Crippen molar-refractivity contribution in [2.75, 3.05) is 56.5 Å². The molecule has 2 aliphatic rings. The zero-order valence-electron chi connectivity index (χ0n) is 20.6. The van der Waals surface area contributed by atoms with Crippen molar-refractivity contribution in [3.05, 3.63) is 65.2 Å². The number of nitrogens with one attached hydrogen (secondary N) is 1. The standard InChI is InChI=1S/C28H35N5OS/c1-31-15-17-32(18-16-31)20-22-5-7-23(8-6-22)28-30-25(21-35-28)19-27(34)29-24-9-11-26(12-10-24)33-13-3-2-4-14-33/h5-12,21H,2-4,13-20H2,1H3,(H,29,34). The minimum atomic E-state index is -0.0323. The minimum Gasteiger partial charge on any atom is -0.372 e. The van der Waals surface area contributed by atoms with Crippen molar-refractivity contribution in [3.8, 4) is 10.6 Å². The highest BCUT2D eigenvalue weighted by Gasteiger charge is 2.15. The van der Waals surface area contributed by atoms with E-state index in [0.29, 0.717) is 0 Å². The van der Waals surface area contributed by atoms with Gasteiger partial charge in [-0.25, -0.2) is 4.98 Å². The van der Waals surface area contributed by atoms with E-state index in [2.05, 4.69) is 63.5 Å². The number of nitrogens with zero attached hydrogens (tertiary/aromatic N) is 4. The third-order valence-electron chi connectivity index (χ3n) is 6.97. The fourth-order valence-electron chi connectivity index (χ4n) is 4.82. The minimum absolute atomic E-state index is 0.0323. The van der Waals surface area contributed by atoms with E-state index >= 15 is 0 Å². The fraction of sp³-hybridized carbons (Fsp3) is 0.429. The second kappa shape index (κ2) is 11.3. The summed E-state index contributed by atoms with van der Waals surface area (Å²) in [6.07, 6.45) is 4.13. The van der Waals surface area contributed by atoms with Crippen molar-refractivity contribution < 1.29 is 4.79 Å². The summed E-state index contributed by atoms with van der Waals surface area (Å²) in [5, 5.41) is 5.97. The van der Waals surface area contributed by atoms with Crippen LogP contribution in [0, 0.1) is 0 Å². The first-order valence-corrected chi connectivity index (χ1v) is 13.6. The lowest BCUT2D eigenvalue weighted by molar-refractivity contribution is -0.115. The summed E-state index contributed by atoms with van der Waals surface area (Å²) in [5.74, 6) is -0.0323. The van der Waals surface area contributed by atoms with E-state index in [1.54, 1.807) is 11.3 Å². The van der Waals surface area contributed by atoms with Crippen LogP contribution >= 0.6 is 11.3 Å². The Balaban J connectivity index is 1.13. The molecule has 0 bridgehead atoms. The number of carbonyl (C=O) groups is 1. The number of thiazole rings is 1. The van der Waals surface area contributed by atoms with Gasteiger partial charge in [-0.3, -0.25) is 9.69 Å². The number of piperazine rings is 1. The highest BCUT2D eigenvalue weighted by Crippen LogP contribution is 2.25. The molecule has 3 aromatic rings. The molecule has 1 N–H and O–H groups in total. The number of hydrogen-bond donors (Lipinski definition) is 1. The number of benzene rings is 2. The van der Waals surface area contributed by atoms with Crippen LogP contribution in [-0.2, 0) is 17.8 Å². The van der Waals surface area contributed by atoms with Crippen molar-refractivity contribution in [2.45, 2.75) is 32.2 Å². The first kappa shape index (κ1) is 24.0. The Morgan fingerprint density at radius 3 is 2.34 bits per heavy atom. The van der Waals surface area contributed by atoms with Crippen LogP contribution in [0.15, 0.2) is 53.9 Å². The SMILES string of the molecule is CN1CCN(Cc2ccc(-c3nc(CC(=O)Nc4ccc(N5CCCCC5)cc4)cs3)cc2)CC1. The van der Waals surface area contributed by atoms with E-state index in [0.717, 1.165) is 67.8 Å². The Labute approximate surface area is 212 Å². The molecule has 0 atom stereocenters. The normalized spacial score (nSPS) is 17.5. The molecule has 6 nitrogen and oxygen atoms in total. The topological polar surface area (TPSA) is 51.7 Å². The maximum atomic E-state index is 12.6. The zero-order valence-corrected chi connectivity index (χ0v) is 21.4. The number of anilines is 2. The molecule has 2 aliphatic heterocycles. The van der Waals surface area contributed by atoms with Gasteiger partial charge in [0.25, 0.3) is 0 Å².